The second-order valence-corrected chi connectivity index (χ2v) is 6.09. The minimum atomic E-state index is -4.03. The predicted molar refractivity (Wildman–Crippen MR) is 84.6 cm³/mol. The highest BCUT2D eigenvalue weighted by atomic mass is 32.2. The molecule has 0 heterocycles. The third-order valence-electron chi connectivity index (χ3n) is 2.95. The number of methoxy groups -OCH3 is 1. The summed E-state index contributed by atoms with van der Waals surface area (Å²) in [6.07, 6.45) is -0.816. The van der Waals surface area contributed by atoms with Gasteiger partial charge in [-0.05, 0) is 17.7 Å². The normalized spacial score (nSPS) is 10.9. The fraction of sp³-hybridized carbons (Fsp3) is 0.133. The zero-order valence-corrected chi connectivity index (χ0v) is 13.2. The number of para-hydroxylation sites is 1. The highest BCUT2D eigenvalue weighted by Crippen LogP contribution is 2.31. The van der Waals surface area contributed by atoms with E-state index in [0.717, 1.165) is 5.56 Å². The van der Waals surface area contributed by atoms with Gasteiger partial charge in [0.1, 0.15) is 22.9 Å². The summed E-state index contributed by atoms with van der Waals surface area (Å²) in [7, 11) is -2.68. The van der Waals surface area contributed by atoms with E-state index in [1.807, 2.05) is 18.2 Å². The van der Waals surface area contributed by atoms with Gasteiger partial charge in [-0.1, -0.05) is 36.4 Å². The van der Waals surface area contributed by atoms with Crippen molar-refractivity contribution < 1.29 is 22.7 Å². The highest BCUT2D eigenvalue weighted by Gasteiger charge is 2.20. The van der Waals surface area contributed by atoms with Crippen LogP contribution in [0.25, 0.3) is 0 Å². The van der Waals surface area contributed by atoms with Gasteiger partial charge in [0, 0.05) is 0 Å². The Bertz CT molecular complexity index is 791. The number of nitrogens with two attached hydrogens (primary N) is 1. The van der Waals surface area contributed by atoms with Gasteiger partial charge in [-0.2, -0.15) is 0 Å². The molecule has 2 rings (SSSR count). The SMILES string of the molecule is COc1cccc(S(N)(=O)=O)c1NC(=O)OCc1ccccc1. The Morgan fingerprint density at radius 1 is 1.13 bits per heavy atom. The summed E-state index contributed by atoms with van der Waals surface area (Å²) in [6.45, 7) is 0.0481. The quantitative estimate of drug-likeness (QED) is 0.869. The van der Waals surface area contributed by atoms with Crippen molar-refractivity contribution in [1.29, 1.82) is 0 Å². The maximum atomic E-state index is 11.9. The molecule has 23 heavy (non-hydrogen) atoms. The number of sulfonamides is 1. The first-order valence-electron chi connectivity index (χ1n) is 6.59. The number of anilines is 1. The molecule has 0 spiro atoms. The number of carbonyl (C=O) groups excluding carboxylic acids is 1. The summed E-state index contributed by atoms with van der Waals surface area (Å²) < 4.78 is 33.3. The number of nitrogens with one attached hydrogen (secondary N) is 1. The molecule has 2 aromatic carbocycles. The molecule has 2 aromatic rings. The van der Waals surface area contributed by atoms with E-state index in [9.17, 15) is 13.2 Å². The van der Waals surface area contributed by atoms with Crippen LogP contribution in [0, 0.1) is 0 Å². The number of hydrogen-bond acceptors (Lipinski definition) is 5. The van der Waals surface area contributed by atoms with E-state index >= 15 is 0 Å². The highest BCUT2D eigenvalue weighted by molar-refractivity contribution is 7.89. The average Bonchev–Trinajstić information content (AvgIpc) is 2.53. The number of amides is 1. The molecule has 7 nitrogen and oxygen atoms in total. The largest absolute Gasteiger partial charge is 0.495 e. The number of ether oxygens (including phenoxy) is 2. The van der Waals surface area contributed by atoms with Crippen LogP contribution in [0.2, 0.25) is 0 Å². The van der Waals surface area contributed by atoms with Gasteiger partial charge in [-0.15, -0.1) is 0 Å². The van der Waals surface area contributed by atoms with Crippen LogP contribution in [0.15, 0.2) is 53.4 Å². The molecule has 0 fully saturated rings. The molecule has 0 aliphatic carbocycles. The lowest BCUT2D eigenvalue weighted by Gasteiger charge is -2.13. The van der Waals surface area contributed by atoms with Crippen LogP contribution in [-0.2, 0) is 21.4 Å². The molecule has 0 aliphatic rings. The number of hydrogen-bond donors (Lipinski definition) is 2. The zero-order valence-electron chi connectivity index (χ0n) is 12.4. The van der Waals surface area contributed by atoms with Crippen LogP contribution >= 0.6 is 0 Å². The standard InChI is InChI=1S/C15H16N2O5S/c1-21-12-8-5-9-13(23(16,19)20)14(12)17-15(18)22-10-11-6-3-2-4-7-11/h2-9H,10H2,1H3,(H,17,18)(H2,16,19,20). The lowest BCUT2D eigenvalue weighted by Crippen LogP contribution is -2.19. The minimum Gasteiger partial charge on any atom is -0.495 e. The molecule has 0 unspecified atom stereocenters. The summed E-state index contributed by atoms with van der Waals surface area (Å²) >= 11 is 0. The number of carbonyl (C=O) groups is 1. The predicted octanol–water partition coefficient (Wildman–Crippen LogP) is 2.09. The van der Waals surface area contributed by atoms with Crippen LogP contribution in [0.1, 0.15) is 5.56 Å². The summed E-state index contributed by atoms with van der Waals surface area (Å²) in [5.74, 6) is 0.160. The molecule has 0 bridgehead atoms. The van der Waals surface area contributed by atoms with E-state index in [2.05, 4.69) is 5.32 Å². The average molecular weight is 336 g/mol. The lowest BCUT2D eigenvalue weighted by molar-refractivity contribution is 0.155. The monoisotopic (exact) mass is 336 g/mol. The van der Waals surface area contributed by atoms with Crippen LogP contribution in [-0.4, -0.2) is 21.6 Å². The molecule has 0 aromatic heterocycles. The van der Waals surface area contributed by atoms with Crippen molar-refractivity contribution in [3.05, 3.63) is 54.1 Å². The van der Waals surface area contributed by atoms with Crippen molar-refractivity contribution >= 4 is 21.8 Å². The molecule has 8 heteroatoms. The molecule has 0 atom stereocenters. The van der Waals surface area contributed by atoms with Crippen molar-refractivity contribution in [2.75, 3.05) is 12.4 Å². The number of benzene rings is 2. The molecule has 0 saturated heterocycles. The second kappa shape index (κ2) is 7.12. The topological polar surface area (TPSA) is 108 Å². The molecule has 0 saturated carbocycles. The molecule has 122 valence electrons. The first-order valence-corrected chi connectivity index (χ1v) is 8.14. The van der Waals surface area contributed by atoms with Crippen LogP contribution in [0.5, 0.6) is 5.75 Å². The summed E-state index contributed by atoms with van der Waals surface area (Å²) in [5.41, 5.74) is 0.741. The van der Waals surface area contributed by atoms with E-state index in [0.29, 0.717) is 0 Å². The van der Waals surface area contributed by atoms with Crippen LogP contribution < -0.4 is 15.2 Å². The van der Waals surface area contributed by atoms with Gasteiger partial charge in [-0.25, -0.2) is 18.4 Å². The van der Waals surface area contributed by atoms with E-state index in [1.54, 1.807) is 12.1 Å². The van der Waals surface area contributed by atoms with Gasteiger partial charge in [0.2, 0.25) is 10.0 Å². The Kier molecular flexibility index (Phi) is 5.20. The van der Waals surface area contributed by atoms with Crippen molar-refractivity contribution in [3.63, 3.8) is 0 Å². The molecule has 3 N–H and O–H groups in total. The van der Waals surface area contributed by atoms with Gasteiger partial charge >= 0.3 is 6.09 Å². The lowest BCUT2D eigenvalue weighted by atomic mass is 10.2. The first-order chi connectivity index (χ1) is 10.9. The molecule has 1 amide bonds. The molecule has 0 radical (unpaired) electrons. The maximum Gasteiger partial charge on any atom is 0.412 e. The number of primary sulfonamides is 1. The van der Waals surface area contributed by atoms with Gasteiger partial charge in [0.25, 0.3) is 0 Å². The Morgan fingerprint density at radius 2 is 1.83 bits per heavy atom. The zero-order chi connectivity index (χ0) is 16.9. The third kappa shape index (κ3) is 4.44. The van der Waals surface area contributed by atoms with Crippen molar-refractivity contribution in [2.45, 2.75) is 11.5 Å². The summed E-state index contributed by atoms with van der Waals surface area (Å²) in [5, 5.41) is 7.51. The Hall–Kier alpha value is -2.58. The fourth-order valence-electron chi connectivity index (χ4n) is 1.90. The summed E-state index contributed by atoms with van der Waals surface area (Å²) in [4.78, 5) is 11.7. The van der Waals surface area contributed by atoms with Gasteiger partial charge in [-0.3, -0.25) is 5.32 Å². The fourth-order valence-corrected chi connectivity index (χ4v) is 2.61. The third-order valence-corrected chi connectivity index (χ3v) is 3.91. The van der Waals surface area contributed by atoms with Crippen molar-refractivity contribution in [1.82, 2.24) is 0 Å². The summed E-state index contributed by atoms with van der Waals surface area (Å²) in [6, 6.07) is 13.3. The van der Waals surface area contributed by atoms with Gasteiger partial charge < -0.3 is 9.47 Å². The van der Waals surface area contributed by atoms with Gasteiger partial charge in [0.05, 0.1) is 7.11 Å². The molecule has 0 aliphatic heterocycles. The maximum absolute atomic E-state index is 11.9. The first kappa shape index (κ1) is 16.8. The van der Waals surface area contributed by atoms with E-state index in [4.69, 9.17) is 14.6 Å². The van der Waals surface area contributed by atoms with Crippen LogP contribution in [0.3, 0.4) is 0 Å². The Morgan fingerprint density at radius 3 is 2.43 bits per heavy atom. The smallest absolute Gasteiger partial charge is 0.412 e. The van der Waals surface area contributed by atoms with E-state index < -0.39 is 16.1 Å². The van der Waals surface area contributed by atoms with Crippen molar-refractivity contribution in [3.8, 4) is 5.75 Å². The van der Waals surface area contributed by atoms with E-state index in [-0.39, 0.29) is 22.9 Å². The molecular formula is C15H16N2O5S. The second-order valence-electron chi connectivity index (χ2n) is 4.57. The number of rotatable bonds is 5. The Balaban J connectivity index is 2.17. The molecular weight excluding hydrogens is 320 g/mol. The van der Waals surface area contributed by atoms with Crippen LogP contribution in [0.4, 0.5) is 10.5 Å². The minimum absolute atomic E-state index is 0.0481. The van der Waals surface area contributed by atoms with Crippen molar-refractivity contribution in [2.24, 2.45) is 5.14 Å². The van der Waals surface area contributed by atoms with E-state index in [1.165, 1.54) is 25.3 Å². The Labute approximate surface area is 134 Å². The van der Waals surface area contributed by atoms with Gasteiger partial charge in [0.15, 0.2) is 0 Å².